The van der Waals surface area contributed by atoms with Gasteiger partial charge >= 0.3 is 6.03 Å². The maximum absolute atomic E-state index is 13.3. The van der Waals surface area contributed by atoms with Crippen LogP contribution in [0.25, 0.3) is 11.4 Å². The van der Waals surface area contributed by atoms with Crippen molar-refractivity contribution in [3.63, 3.8) is 0 Å². The number of amides is 2. The lowest BCUT2D eigenvalue weighted by Crippen LogP contribution is -2.48. The Morgan fingerprint density at radius 2 is 1.69 bits per heavy atom. The van der Waals surface area contributed by atoms with Gasteiger partial charge in [-0.2, -0.15) is 4.98 Å². The lowest BCUT2D eigenvalue weighted by molar-refractivity contribution is 0.134. The Hall–Kier alpha value is -3.15. The zero-order valence-corrected chi connectivity index (χ0v) is 18.6. The number of likely N-dealkylation sites (tertiary alicyclic amines) is 2. The maximum Gasteiger partial charge on any atom is 0.320 e. The van der Waals surface area contributed by atoms with Crippen LogP contribution in [-0.4, -0.2) is 52.2 Å². The molecule has 2 aromatic carbocycles. The van der Waals surface area contributed by atoms with E-state index in [1.54, 1.807) is 0 Å². The molecule has 2 fully saturated rings. The minimum atomic E-state index is 0.0242. The molecule has 2 aliphatic rings. The van der Waals surface area contributed by atoms with E-state index >= 15 is 0 Å². The Kier molecular flexibility index (Phi) is 5.93. The standard InChI is InChI=1S/C26H30N4O2/c1-2-19-10-12-20(13-11-19)22-16-23(18-30(17-22)26(31)29-14-6-7-15-29)25-27-24(28-32-25)21-8-4-3-5-9-21/h3-5,8-13,22-23H,2,6-7,14-18H2,1H3. The summed E-state index contributed by atoms with van der Waals surface area (Å²) in [5.74, 6) is 1.50. The predicted octanol–water partition coefficient (Wildman–Crippen LogP) is 5.09. The highest BCUT2D eigenvalue weighted by atomic mass is 16.5. The van der Waals surface area contributed by atoms with Gasteiger partial charge in [-0.25, -0.2) is 4.79 Å². The third-order valence-corrected chi connectivity index (χ3v) is 6.78. The molecule has 0 aliphatic carbocycles. The van der Waals surface area contributed by atoms with E-state index in [9.17, 15) is 4.79 Å². The second-order valence-corrected chi connectivity index (χ2v) is 8.93. The van der Waals surface area contributed by atoms with Crippen LogP contribution in [0.3, 0.4) is 0 Å². The number of hydrogen-bond donors (Lipinski definition) is 0. The van der Waals surface area contributed by atoms with E-state index < -0.39 is 0 Å². The first-order valence-electron chi connectivity index (χ1n) is 11.7. The molecule has 0 radical (unpaired) electrons. The summed E-state index contributed by atoms with van der Waals surface area (Å²) in [6, 6.07) is 18.9. The van der Waals surface area contributed by atoms with Gasteiger partial charge in [-0.1, -0.05) is 66.7 Å². The van der Waals surface area contributed by atoms with Crippen molar-refractivity contribution in [1.29, 1.82) is 0 Å². The van der Waals surface area contributed by atoms with Gasteiger partial charge in [-0.05, 0) is 36.8 Å². The Balaban J connectivity index is 1.41. The summed E-state index contributed by atoms with van der Waals surface area (Å²) in [5.41, 5.74) is 3.54. The summed E-state index contributed by atoms with van der Waals surface area (Å²) in [6.45, 7) is 5.23. The largest absolute Gasteiger partial charge is 0.339 e. The Bertz CT molecular complexity index is 1040. The molecule has 6 nitrogen and oxygen atoms in total. The molecule has 1 aromatic heterocycles. The minimum Gasteiger partial charge on any atom is -0.339 e. The fourth-order valence-electron chi connectivity index (χ4n) is 4.92. The van der Waals surface area contributed by atoms with Crippen LogP contribution in [0.2, 0.25) is 0 Å². The van der Waals surface area contributed by atoms with Crippen molar-refractivity contribution in [3.05, 3.63) is 71.6 Å². The number of benzene rings is 2. The molecule has 0 spiro atoms. The van der Waals surface area contributed by atoms with E-state index in [1.165, 1.54) is 11.1 Å². The third-order valence-electron chi connectivity index (χ3n) is 6.78. The predicted molar refractivity (Wildman–Crippen MR) is 123 cm³/mol. The van der Waals surface area contributed by atoms with E-state index in [2.05, 4.69) is 36.3 Å². The Morgan fingerprint density at radius 3 is 2.41 bits per heavy atom. The topological polar surface area (TPSA) is 62.5 Å². The lowest BCUT2D eigenvalue weighted by atomic mass is 9.84. The van der Waals surface area contributed by atoms with Crippen molar-refractivity contribution in [2.75, 3.05) is 26.2 Å². The third kappa shape index (κ3) is 4.27. The summed E-state index contributed by atoms with van der Waals surface area (Å²) in [6.07, 6.45) is 4.10. The average molecular weight is 431 g/mol. The van der Waals surface area contributed by atoms with Gasteiger partial charge in [0, 0.05) is 37.7 Å². The number of nitrogens with zero attached hydrogens (tertiary/aromatic N) is 4. The van der Waals surface area contributed by atoms with Gasteiger partial charge in [0.05, 0.1) is 5.92 Å². The molecule has 3 heterocycles. The Morgan fingerprint density at radius 1 is 0.969 bits per heavy atom. The van der Waals surface area contributed by atoms with Gasteiger partial charge in [0.15, 0.2) is 0 Å². The molecular formula is C26H30N4O2. The number of aryl methyl sites for hydroxylation is 1. The first kappa shape index (κ1) is 20.7. The summed E-state index contributed by atoms with van der Waals surface area (Å²) in [7, 11) is 0. The van der Waals surface area contributed by atoms with Crippen LogP contribution in [-0.2, 0) is 6.42 Å². The van der Waals surface area contributed by atoms with E-state index in [-0.39, 0.29) is 17.9 Å². The highest BCUT2D eigenvalue weighted by Gasteiger charge is 2.36. The molecule has 32 heavy (non-hydrogen) atoms. The number of carbonyl (C=O) groups is 1. The second-order valence-electron chi connectivity index (χ2n) is 8.93. The summed E-state index contributed by atoms with van der Waals surface area (Å²) < 4.78 is 5.72. The van der Waals surface area contributed by atoms with Crippen LogP contribution in [0.4, 0.5) is 4.79 Å². The van der Waals surface area contributed by atoms with E-state index in [4.69, 9.17) is 9.51 Å². The van der Waals surface area contributed by atoms with Gasteiger partial charge < -0.3 is 14.3 Å². The van der Waals surface area contributed by atoms with Crippen LogP contribution in [0, 0.1) is 0 Å². The van der Waals surface area contributed by atoms with Crippen LogP contribution < -0.4 is 0 Å². The lowest BCUT2D eigenvalue weighted by Gasteiger charge is -2.38. The van der Waals surface area contributed by atoms with Gasteiger partial charge in [-0.3, -0.25) is 0 Å². The van der Waals surface area contributed by atoms with Crippen LogP contribution in [0.15, 0.2) is 59.1 Å². The monoisotopic (exact) mass is 430 g/mol. The molecule has 2 unspecified atom stereocenters. The molecule has 2 atom stereocenters. The zero-order chi connectivity index (χ0) is 21.9. The fraction of sp³-hybridized carbons (Fsp3) is 0.423. The smallest absolute Gasteiger partial charge is 0.320 e. The number of urea groups is 1. The zero-order valence-electron chi connectivity index (χ0n) is 18.6. The summed E-state index contributed by atoms with van der Waals surface area (Å²) >= 11 is 0. The van der Waals surface area contributed by atoms with Crippen molar-refractivity contribution in [3.8, 4) is 11.4 Å². The fourth-order valence-corrected chi connectivity index (χ4v) is 4.92. The van der Waals surface area contributed by atoms with Crippen LogP contribution in [0.1, 0.15) is 55.0 Å². The minimum absolute atomic E-state index is 0.0242. The van der Waals surface area contributed by atoms with Crippen molar-refractivity contribution >= 4 is 6.03 Å². The molecular weight excluding hydrogens is 400 g/mol. The van der Waals surface area contributed by atoms with Crippen molar-refractivity contribution < 1.29 is 9.32 Å². The van der Waals surface area contributed by atoms with Gasteiger partial charge in [0.1, 0.15) is 0 Å². The van der Waals surface area contributed by atoms with E-state index in [1.807, 2.05) is 40.1 Å². The highest BCUT2D eigenvalue weighted by Crippen LogP contribution is 2.36. The molecule has 0 N–H and O–H groups in total. The van der Waals surface area contributed by atoms with Crippen molar-refractivity contribution in [2.24, 2.45) is 0 Å². The van der Waals surface area contributed by atoms with Crippen LogP contribution >= 0.6 is 0 Å². The van der Waals surface area contributed by atoms with E-state index in [0.717, 1.165) is 50.9 Å². The number of rotatable bonds is 4. The SMILES string of the molecule is CCc1ccc(C2CC(c3nc(-c4ccccc4)no3)CN(C(=O)N3CCCC3)C2)cc1. The van der Waals surface area contributed by atoms with Gasteiger partial charge in [-0.15, -0.1) is 0 Å². The average Bonchev–Trinajstić information content (AvgIpc) is 3.57. The molecule has 6 heteroatoms. The molecule has 2 amide bonds. The quantitative estimate of drug-likeness (QED) is 0.579. The molecule has 2 aliphatic heterocycles. The number of aromatic nitrogens is 2. The van der Waals surface area contributed by atoms with Crippen molar-refractivity contribution in [1.82, 2.24) is 19.9 Å². The van der Waals surface area contributed by atoms with Crippen molar-refractivity contribution in [2.45, 2.75) is 44.4 Å². The molecule has 166 valence electrons. The maximum atomic E-state index is 13.3. The summed E-state index contributed by atoms with van der Waals surface area (Å²) in [4.78, 5) is 22.0. The molecule has 3 aromatic rings. The highest BCUT2D eigenvalue weighted by molar-refractivity contribution is 5.75. The van der Waals surface area contributed by atoms with E-state index in [0.29, 0.717) is 18.3 Å². The normalized spacial score (nSPS) is 21.2. The second kappa shape index (κ2) is 9.15. The summed E-state index contributed by atoms with van der Waals surface area (Å²) in [5, 5.41) is 4.23. The first-order chi connectivity index (χ1) is 15.7. The molecule has 0 saturated carbocycles. The molecule has 0 bridgehead atoms. The number of piperidine rings is 1. The number of hydrogen-bond acceptors (Lipinski definition) is 4. The Labute approximate surface area is 189 Å². The molecule has 5 rings (SSSR count). The van der Waals surface area contributed by atoms with Crippen LogP contribution in [0.5, 0.6) is 0 Å². The molecule has 2 saturated heterocycles. The number of carbonyl (C=O) groups excluding carboxylic acids is 1. The van der Waals surface area contributed by atoms with Gasteiger partial charge in [0.2, 0.25) is 11.7 Å². The van der Waals surface area contributed by atoms with Gasteiger partial charge in [0.25, 0.3) is 0 Å². The first-order valence-corrected chi connectivity index (χ1v) is 11.7.